The molecular weight excluding hydrogens is 331 g/mol. The second-order valence-electron chi connectivity index (χ2n) is 5.37. The van der Waals surface area contributed by atoms with Crippen LogP contribution < -0.4 is 4.72 Å². The lowest BCUT2D eigenvalue weighted by molar-refractivity contribution is 0.372. The lowest BCUT2D eigenvalue weighted by Gasteiger charge is -2.22. The molecule has 0 fully saturated rings. The van der Waals surface area contributed by atoms with Crippen LogP contribution in [0.4, 0.5) is 4.39 Å². The van der Waals surface area contributed by atoms with Crippen LogP contribution in [0.25, 0.3) is 0 Å². The van der Waals surface area contributed by atoms with Gasteiger partial charge in [-0.05, 0) is 30.2 Å². The van der Waals surface area contributed by atoms with Crippen LogP contribution in [0.3, 0.4) is 0 Å². The van der Waals surface area contributed by atoms with Crippen LogP contribution in [0.1, 0.15) is 13.8 Å². The number of hydrogen-bond acceptors (Lipinski definition) is 4. The maximum absolute atomic E-state index is 12.8. The van der Waals surface area contributed by atoms with Crippen LogP contribution in [-0.2, 0) is 20.0 Å². The first-order valence-electron chi connectivity index (χ1n) is 6.73. The molecular formula is C13H21FN2O4S2. The lowest BCUT2D eigenvalue weighted by atomic mass is 10.2. The van der Waals surface area contributed by atoms with E-state index in [0.29, 0.717) is 6.54 Å². The van der Waals surface area contributed by atoms with Gasteiger partial charge in [0.15, 0.2) is 0 Å². The van der Waals surface area contributed by atoms with Crippen molar-refractivity contribution in [3.63, 3.8) is 0 Å². The molecule has 1 N–H and O–H groups in total. The molecule has 0 heterocycles. The van der Waals surface area contributed by atoms with Crippen LogP contribution in [0.2, 0.25) is 0 Å². The fraction of sp³-hybridized carbons (Fsp3) is 0.538. The van der Waals surface area contributed by atoms with E-state index in [1.165, 1.54) is 4.31 Å². The molecule has 6 nitrogen and oxygen atoms in total. The van der Waals surface area contributed by atoms with Crippen LogP contribution >= 0.6 is 0 Å². The van der Waals surface area contributed by atoms with Gasteiger partial charge < -0.3 is 0 Å². The molecule has 0 aliphatic carbocycles. The van der Waals surface area contributed by atoms with Gasteiger partial charge in [0.1, 0.15) is 5.82 Å². The summed E-state index contributed by atoms with van der Waals surface area (Å²) in [7, 11) is -7.18. The topological polar surface area (TPSA) is 83.6 Å². The Kier molecular flexibility index (Phi) is 6.48. The molecule has 126 valence electrons. The van der Waals surface area contributed by atoms with Crippen molar-refractivity contribution in [1.82, 2.24) is 9.03 Å². The fourth-order valence-electron chi connectivity index (χ4n) is 1.80. The first kappa shape index (κ1) is 19.0. The Morgan fingerprint density at radius 3 is 2.14 bits per heavy atom. The van der Waals surface area contributed by atoms with E-state index < -0.39 is 25.9 Å². The minimum atomic E-state index is -3.78. The molecule has 0 bridgehead atoms. The summed E-state index contributed by atoms with van der Waals surface area (Å²) in [4.78, 5) is -0.0661. The van der Waals surface area contributed by atoms with Gasteiger partial charge in [-0.2, -0.15) is 0 Å². The molecule has 22 heavy (non-hydrogen) atoms. The van der Waals surface area contributed by atoms with E-state index in [1.807, 2.05) is 13.8 Å². The molecule has 0 atom stereocenters. The molecule has 0 aliphatic heterocycles. The summed E-state index contributed by atoms with van der Waals surface area (Å²) >= 11 is 0. The predicted molar refractivity (Wildman–Crippen MR) is 82.8 cm³/mol. The van der Waals surface area contributed by atoms with Gasteiger partial charge in [-0.3, -0.25) is 0 Å². The first-order chi connectivity index (χ1) is 10.0. The van der Waals surface area contributed by atoms with Crippen molar-refractivity contribution in [1.29, 1.82) is 0 Å². The van der Waals surface area contributed by atoms with Crippen LogP contribution in [0.15, 0.2) is 29.2 Å². The van der Waals surface area contributed by atoms with E-state index in [4.69, 9.17) is 0 Å². The number of sulfonamides is 2. The fourth-order valence-corrected chi connectivity index (χ4v) is 3.81. The number of nitrogens with one attached hydrogen (secondary N) is 1. The molecule has 1 aromatic rings. The van der Waals surface area contributed by atoms with Crippen molar-refractivity contribution in [2.45, 2.75) is 18.7 Å². The summed E-state index contributed by atoms with van der Waals surface area (Å²) in [5, 5.41) is 0. The highest BCUT2D eigenvalue weighted by molar-refractivity contribution is 7.89. The van der Waals surface area contributed by atoms with Crippen molar-refractivity contribution in [2.24, 2.45) is 5.92 Å². The Labute approximate surface area is 131 Å². The van der Waals surface area contributed by atoms with Crippen molar-refractivity contribution < 1.29 is 21.2 Å². The second kappa shape index (κ2) is 7.49. The van der Waals surface area contributed by atoms with Gasteiger partial charge in [0.2, 0.25) is 20.0 Å². The molecule has 0 amide bonds. The number of hydrogen-bond donors (Lipinski definition) is 1. The van der Waals surface area contributed by atoms with E-state index in [9.17, 15) is 21.2 Å². The third kappa shape index (κ3) is 5.99. The van der Waals surface area contributed by atoms with Gasteiger partial charge >= 0.3 is 0 Å². The Balaban J connectivity index is 2.70. The Hall–Kier alpha value is -1.03. The summed E-state index contributed by atoms with van der Waals surface area (Å²) in [6.45, 7) is 4.05. The number of halogens is 1. The molecule has 0 aliphatic rings. The number of nitrogens with zero attached hydrogens (tertiary/aromatic N) is 1. The maximum Gasteiger partial charge on any atom is 0.240 e. The van der Waals surface area contributed by atoms with Crippen LogP contribution in [-0.4, -0.2) is 47.0 Å². The minimum absolute atomic E-state index is 0.0391. The van der Waals surface area contributed by atoms with Gasteiger partial charge in [0, 0.05) is 19.6 Å². The Bertz CT molecular complexity index is 685. The molecule has 0 saturated heterocycles. The van der Waals surface area contributed by atoms with Gasteiger partial charge in [-0.15, -0.1) is 0 Å². The summed E-state index contributed by atoms with van der Waals surface area (Å²) in [5.41, 5.74) is 0. The third-order valence-corrected chi connectivity index (χ3v) is 5.56. The standard InChI is InChI=1S/C13H21FN2O4S2/c1-11(2)10-16(21(3,17)18)9-8-15-22(19,20)13-6-4-12(14)5-7-13/h4-7,11,15H,8-10H2,1-3H3. The lowest BCUT2D eigenvalue weighted by Crippen LogP contribution is -2.39. The summed E-state index contributed by atoms with van der Waals surface area (Å²) in [6.07, 6.45) is 1.09. The monoisotopic (exact) mass is 352 g/mol. The van der Waals surface area contributed by atoms with Gasteiger partial charge in [-0.25, -0.2) is 30.3 Å². The van der Waals surface area contributed by atoms with Crippen molar-refractivity contribution >= 4 is 20.0 Å². The molecule has 0 aromatic heterocycles. The normalized spacial score (nSPS) is 13.0. The minimum Gasteiger partial charge on any atom is -0.213 e. The molecule has 1 aromatic carbocycles. The predicted octanol–water partition coefficient (Wildman–Crippen LogP) is 1.02. The largest absolute Gasteiger partial charge is 0.240 e. The van der Waals surface area contributed by atoms with Crippen molar-refractivity contribution in [3.8, 4) is 0 Å². The van der Waals surface area contributed by atoms with E-state index >= 15 is 0 Å². The van der Waals surface area contributed by atoms with E-state index in [0.717, 1.165) is 30.5 Å². The highest BCUT2D eigenvalue weighted by Crippen LogP contribution is 2.09. The number of benzene rings is 1. The summed E-state index contributed by atoms with van der Waals surface area (Å²) < 4.78 is 63.6. The first-order valence-corrected chi connectivity index (χ1v) is 10.1. The molecule has 0 unspecified atom stereocenters. The van der Waals surface area contributed by atoms with Gasteiger partial charge in [0.25, 0.3) is 0 Å². The quantitative estimate of drug-likeness (QED) is 0.757. The average molecular weight is 352 g/mol. The number of rotatable bonds is 8. The smallest absolute Gasteiger partial charge is 0.213 e. The highest BCUT2D eigenvalue weighted by atomic mass is 32.2. The molecule has 0 saturated carbocycles. The Morgan fingerprint density at radius 2 is 1.68 bits per heavy atom. The average Bonchev–Trinajstić information content (AvgIpc) is 2.36. The third-order valence-electron chi connectivity index (χ3n) is 2.82. The van der Waals surface area contributed by atoms with E-state index in [2.05, 4.69) is 4.72 Å². The van der Waals surface area contributed by atoms with Crippen molar-refractivity contribution in [3.05, 3.63) is 30.1 Å². The maximum atomic E-state index is 12.8. The van der Waals surface area contributed by atoms with Gasteiger partial charge in [-0.1, -0.05) is 13.8 Å². The van der Waals surface area contributed by atoms with Gasteiger partial charge in [0.05, 0.1) is 11.2 Å². The zero-order valence-electron chi connectivity index (χ0n) is 12.8. The van der Waals surface area contributed by atoms with Crippen LogP contribution in [0.5, 0.6) is 0 Å². The highest BCUT2D eigenvalue weighted by Gasteiger charge is 2.19. The molecule has 0 radical (unpaired) electrons. The molecule has 9 heteroatoms. The molecule has 0 spiro atoms. The second-order valence-corrected chi connectivity index (χ2v) is 9.12. The zero-order valence-corrected chi connectivity index (χ0v) is 14.4. The summed E-state index contributed by atoms with van der Waals surface area (Å²) in [6, 6.07) is 4.41. The van der Waals surface area contributed by atoms with Crippen molar-refractivity contribution in [2.75, 3.05) is 25.9 Å². The Morgan fingerprint density at radius 1 is 1.14 bits per heavy atom. The SMILES string of the molecule is CC(C)CN(CCNS(=O)(=O)c1ccc(F)cc1)S(C)(=O)=O. The molecule has 1 rings (SSSR count). The van der Waals surface area contributed by atoms with E-state index in [1.54, 1.807) is 0 Å². The van der Waals surface area contributed by atoms with Crippen LogP contribution in [0, 0.1) is 11.7 Å². The van der Waals surface area contributed by atoms with E-state index in [-0.39, 0.29) is 23.9 Å². The zero-order chi connectivity index (χ0) is 17.0. The summed E-state index contributed by atoms with van der Waals surface area (Å²) in [5.74, 6) is -0.400.